The predicted octanol–water partition coefficient (Wildman–Crippen LogP) is 4.00. The van der Waals surface area contributed by atoms with Crippen LogP contribution in [-0.2, 0) is 0 Å². The molecule has 0 heterocycles. The summed E-state index contributed by atoms with van der Waals surface area (Å²) in [5.41, 5.74) is 12.4. The van der Waals surface area contributed by atoms with E-state index in [-0.39, 0.29) is 34.6 Å². The lowest BCUT2D eigenvalue weighted by atomic mass is 10.0. The molecule has 1 amide bonds. The molecule has 0 bridgehead atoms. The third-order valence-corrected chi connectivity index (χ3v) is 5.16. The molecule has 0 aliphatic carbocycles. The average molecular weight is 470 g/mol. The molecule has 0 spiro atoms. The van der Waals surface area contributed by atoms with Gasteiger partial charge >= 0.3 is 0 Å². The van der Waals surface area contributed by atoms with Crippen molar-refractivity contribution in [3.63, 3.8) is 0 Å². The second-order valence-corrected chi connectivity index (χ2v) is 7.76. The maximum absolute atomic E-state index is 13.7. The van der Waals surface area contributed by atoms with Gasteiger partial charge in [0.05, 0.1) is 11.2 Å². The Kier molecular flexibility index (Phi) is 9.49. The summed E-state index contributed by atoms with van der Waals surface area (Å²) in [4.78, 5) is 16.6. The van der Waals surface area contributed by atoms with Gasteiger partial charge in [0.2, 0.25) is 5.96 Å². The molecule has 2 atom stereocenters. The Labute approximate surface area is 190 Å². The van der Waals surface area contributed by atoms with Crippen LogP contribution in [0.5, 0.6) is 0 Å². The van der Waals surface area contributed by atoms with Gasteiger partial charge in [0.1, 0.15) is 17.5 Å². The minimum Gasteiger partial charge on any atom is -0.353 e. The maximum Gasteiger partial charge on any atom is 0.280 e. The van der Waals surface area contributed by atoms with Crippen LogP contribution in [-0.4, -0.2) is 24.1 Å². The first-order valence-corrected chi connectivity index (χ1v) is 10.6. The van der Waals surface area contributed by atoms with E-state index in [9.17, 15) is 18.0 Å². The van der Waals surface area contributed by atoms with Crippen molar-refractivity contribution in [1.29, 1.82) is 0 Å². The van der Waals surface area contributed by atoms with Crippen molar-refractivity contribution in [3.05, 3.63) is 70.0 Å². The van der Waals surface area contributed by atoms with Gasteiger partial charge in [-0.2, -0.15) is 4.99 Å². The number of rotatable bonds is 8. The van der Waals surface area contributed by atoms with Crippen LogP contribution in [0.15, 0.2) is 41.4 Å². The summed E-state index contributed by atoms with van der Waals surface area (Å²) in [5, 5.41) is 5.87. The number of nitrogens with two attached hydrogens (primary N) is 2. The maximum atomic E-state index is 13.7. The van der Waals surface area contributed by atoms with E-state index in [1.807, 2.05) is 13.8 Å². The van der Waals surface area contributed by atoms with Crippen LogP contribution in [0, 0.1) is 17.5 Å². The van der Waals surface area contributed by atoms with Crippen molar-refractivity contribution < 1.29 is 18.0 Å². The van der Waals surface area contributed by atoms with E-state index >= 15 is 0 Å². The molecule has 2 unspecified atom stereocenters. The monoisotopic (exact) mass is 469 g/mol. The molecule has 2 aromatic carbocycles. The van der Waals surface area contributed by atoms with Gasteiger partial charge in [-0.05, 0) is 55.2 Å². The standard InChI is InChI=1S/C22H27ClF3N5O/c1-3-16(4-2)29-22(31-21(32)12-5-6-17(23)18(26)9-12)30-20(28)11-19(27)13-7-14(24)10-15(25)8-13/h5-10,16,19-20H,3-4,11,27-28H2,1-2H3,(H2,29,30,31,32). The van der Waals surface area contributed by atoms with Crippen molar-refractivity contribution in [1.82, 2.24) is 10.6 Å². The van der Waals surface area contributed by atoms with E-state index in [0.717, 1.165) is 37.1 Å². The van der Waals surface area contributed by atoms with Crippen LogP contribution in [0.2, 0.25) is 5.02 Å². The normalized spacial score (nSPS) is 13.7. The first-order valence-electron chi connectivity index (χ1n) is 10.2. The number of halogens is 4. The summed E-state index contributed by atoms with van der Waals surface area (Å²) in [6.45, 7) is 3.92. The van der Waals surface area contributed by atoms with Crippen molar-refractivity contribution in [2.75, 3.05) is 0 Å². The molecule has 10 heteroatoms. The number of nitrogens with zero attached hydrogens (tertiary/aromatic N) is 1. The second-order valence-electron chi connectivity index (χ2n) is 7.35. The third kappa shape index (κ3) is 7.51. The molecule has 0 aromatic heterocycles. The molecule has 0 aliphatic rings. The van der Waals surface area contributed by atoms with E-state index in [1.165, 1.54) is 12.1 Å². The lowest BCUT2D eigenvalue weighted by Gasteiger charge is -2.24. The topological polar surface area (TPSA) is 106 Å². The van der Waals surface area contributed by atoms with Crippen LogP contribution >= 0.6 is 11.6 Å². The summed E-state index contributed by atoms with van der Waals surface area (Å²) in [6, 6.07) is 5.88. The Morgan fingerprint density at radius 1 is 1.03 bits per heavy atom. The van der Waals surface area contributed by atoms with Gasteiger partial charge in [0, 0.05) is 23.7 Å². The van der Waals surface area contributed by atoms with Gasteiger partial charge in [-0.1, -0.05) is 25.4 Å². The molecule has 0 aliphatic heterocycles. The molecule has 0 saturated carbocycles. The van der Waals surface area contributed by atoms with E-state index in [0.29, 0.717) is 0 Å². The minimum atomic E-state index is -0.799. The fourth-order valence-corrected chi connectivity index (χ4v) is 3.14. The zero-order chi connectivity index (χ0) is 23.8. The number of amides is 1. The van der Waals surface area contributed by atoms with Crippen molar-refractivity contribution in [3.8, 4) is 0 Å². The average Bonchev–Trinajstić information content (AvgIpc) is 2.72. The lowest BCUT2D eigenvalue weighted by molar-refractivity contribution is 0.100. The summed E-state index contributed by atoms with van der Waals surface area (Å²) in [6.07, 6.45) is 0.791. The second kappa shape index (κ2) is 11.8. The number of benzene rings is 2. The largest absolute Gasteiger partial charge is 0.353 e. The van der Waals surface area contributed by atoms with Crippen LogP contribution in [0.25, 0.3) is 0 Å². The number of carbonyl (C=O) groups is 1. The summed E-state index contributed by atoms with van der Waals surface area (Å²) >= 11 is 5.66. The Morgan fingerprint density at radius 3 is 2.22 bits per heavy atom. The molecule has 0 saturated heterocycles. The van der Waals surface area contributed by atoms with E-state index in [4.69, 9.17) is 23.1 Å². The van der Waals surface area contributed by atoms with Gasteiger partial charge in [-0.3, -0.25) is 4.79 Å². The zero-order valence-electron chi connectivity index (χ0n) is 17.8. The Bertz CT molecular complexity index is 948. The number of carbonyl (C=O) groups excluding carboxylic acids is 1. The SMILES string of the molecule is CCC(CC)N/C(=N/C(=O)c1ccc(Cl)c(F)c1)NC(N)CC(N)c1cc(F)cc(F)c1. The number of hydrogen-bond donors (Lipinski definition) is 4. The van der Waals surface area contributed by atoms with Crippen LogP contribution in [0.3, 0.4) is 0 Å². The molecule has 0 fully saturated rings. The van der Waals surface area contributed by atoms with Gasteiger partial charge in [0.25, 0.3) is 5.91 Å². The van der Waals surface area contributed by atoms with Gasteiger partial charge < -0.3 is 22.1 Å². The van der Waals surface area contributed by atoms with Crippen molar-refractivity contribution >= 4 is 23.5 Å². The number of aliphatic imine (C=N–C) groups is 1. The quantitative estimate of drug-likeness (QED) is 0.266. The fourth-order valence-electron chi connectivity index (χ4n) is 3.02. The van der Waals surface area contributed by atoms with Gasteiger partial charge in [-0.15, -0.1) is 0 Å². The molecular formula is C22H27ClF3N5O. The highest BCUT2D eigenvalue weighted by atomic mass is 35.5. The van der Waals surface area contributed by atoms with Gasteiger partial charge in [0.15, 0.2) is 0 Å². The molecule has 2 rings (SSSR count). The van der Waals surface area contributed by atoms with E-state index in [2.05, 4.69) is 15.6 Å². The number of guanidine groups is 1. The molecule has 0 radical (unpaired) electrons. The molecule has 174 valence electrons. The molecule has 2 aromatic rings. The van der Waals surface area contributed by atoms with Crippen LogP contribution in [0.4, 0.5) is 13.2 Å². The highest BCUT2D eigenvalue weighted by Crippen LogP contribution is 2.18. The van der Waals surface area contributed by atoms with Crippen LogP contribution < -0.4 is 22.1 Å². The third-order valence-electron chi connectivity index (χ3n) is 4.85. The summed E-state index contributed by atoms with van der Waals surface area (Å²) in [7, 11) is 0. The van der Waals surface area contributed by atoms with Crippen molar-refractivity contribution in [2.24, 2.45) is 16.5 Å². The zero-order valence-corrected chi connectivity index (χ0v) is 18.6. The summed E-state index contributed by atoms with van der Waals surface area (Å²) in [5.74, 6) is -2.83. The Hall–Kier alpha value is -2.62. The number of nitrogens with one attached hydrogen (secondary N) is 2. The first kappa shape index (κ1) is 25.6. The minimum absolute atomic E-state index is 0.00538. The van der Waals surface area contributed by atoms with E-state index in [1.54, 1.807) is 0 Å². The molecule has 6 nitrogen and oxygen atoms in total. The Balaban J connectivity index is 2.18. The smallest absolute Gasteiger partial charge is 0.280 e. The Morgan fingerprint density at radius 2 is 1.66 bits per heavy atom. The highest BCUT2D eigenvalue weighted by Gasteiger charge is 2.18. The number of hydrogen-bond acceptors (Lipinski definition) is 3. The molecule has 6 N–H and O–H groups in total. The van der Waals surface area contributed by atoms with Crippen LogP contribution in [0.1, 0.15) is 55.1 Å². The highest BCUT2D eigenvalue weighted by molar-refractivity contribution is 6.30. The van der Waals surface area contributed by atoms with Crippen molar-refractivity contribution in [2.45, 2.75) is 51.4 Å². The molecule has 32 heavy (non-hydrogen) atoms. The summed E-state index contributed by atoms with van der Waals surface area (Å²) < 4.78 is 40.7. The molecular weight excluding hydrogens is 443 g/mol. The lowest BCUT2D eigenvalue weighted by Crippen LogP contribution is -2.51. The first-order chi connectivity index (χ1) is 15.1. The predicted molar refractivity (Wildman–Crippen MR) is 120 cm³/mol. The van der Waals surface area contributed by atoms with E-state index < -0.39 is 35.6 Å². The fraction of sp³-hybridized carbons (Fsp3) is 0.364. The van der Waals surface area contributed by atoms with Gasteiger partial charge in [-0.25, -0.2) is 13.2 Å².